The van der Waals surface area contributed by atoms with E-state index in [1.807, 2.05) is 0 Å². The van der Waals surface area contributed by atoms with Crippen LogP contribution >= 0.6 is 0 Å². The molecule has 12 rings (SSSR count). The Bertz CT molecular complexity index is 3390. The molecule has 0 bridgehead atoms. The molecule has 10 aromatic carbocycles. The number of para-hydroxylation sites is 2. The summed E-state index contributed by atoms with van der Waals surface area (Å²) in [5.41, 5.74) is 27.1. The molecule has 2 aliphatic rings. The van der Waals surface area contributed by atoms with E-state index in [-0.39, 0.29) is 10.8 Å². The Morgan fingerprint density at radius 2 is 0.600 bits per heavy atom. The van der Waals surface area contributed by atoms with Crippen molar-refractivity contribution in [1.29, 1.82) is 0 Å². The third-order valence-electron chi connectivity index (χ3n) is 15.3. The zero-order valence-electron chi connectivity index (χ0n) is 41.5. The molecule has 0 N–H and O–H groups in total. The van der Waals surface area contributed by atoms with E-state index in [4.69, 9.17) is 0 Å². The maximum absolute atomic E-state index is 2.58. The van der Waals surface area contributed by atoms with Gasteiger partial charge in [0.1, 0.15) is 0 Å². The van der Waals surface area contributed by atoms with Crippen LogP contribution in [0.3, 0.4) is 0 Å². The summed E-state index contributed by atoms with van der Waals surface area (Å²) in [5.74, 6) is 0. The van der Waals surface area contributed by atoms with E-state index in [1.54, 1.807) is 0 Å². The first kappa shape index (κ1) is 43.3. The molecular formula is C68H58N2. The van der Waals surface area contributed by atoms with Gasteiger partial charge in [-0.15, -0.1) is 0 Å². The average molecular weight is 903 g/mol. The Hall–Kier alpha value is -7.94. The lowest BCUT2D eigenvalue weighted by Gasteiger charge is -2.29. The molecule has 0 heterocycles. The molecule has 0 radical (unpaired) electrons. The van der Waals surface area contributed by atoms with Crippen molar-refractivity contribution < 1.29 is 0 Å². The van der Waals surface area contributed by atoms with E-state index in [1.165, 1.54) is 111 Å². The summed E-state index contributed by atoms with van der Waals surface area (Å²) in [7, 11) is 0. The summed E-state index contributed by atoms with van der Waals surface area (Å²) in [4.78, 5) is 4.86. The van der Waals surface area contributed by atoms with Crippen LogP contribution in [0.25, 0.3) is 55.3 Å². The van der Waals surface area contributed by atoms with Crippen LogP contribution in [0.5, 0.6) is 0 Å². The van der Waals surface area contributed by atoms with Gasteiger partial charge in [-0.05, 0) is 212 Å². The van der Waals surface area contributed by atoms with Crippen LogP contribution in [0.15, 0.2) is 206 Å². The number of rotatable bonds is 8. The van der Waals surface area contributed by atoms with E-state index >= 15 is 0 Å². The molecule has 340 valence electrons. The number of hydrogen-bond acceptors (Lipinski definition) is 2. The number of nitrogens with zero attached hydrogens (tertiary/aromatic N) is 2. The molecular weight excluding hydrogens is 845 g/mol. The summed E-state index contributed by atoms with van der Waals surface area (Å²) >= 11 is 0. The molecule has 0 saturated carbocycles. The van der Waals surface area contributed by atoms with Crippen LogP contribution in [0.1, 0.15) is 72.2 Å². The molecule has 0 aromatic heterocycles. The Morgan fingerprint density at radius 3 is 0.943 bits per heavy atom. The Kier molecular flexibility index (Phi) is 10.1. The van der Waals surface area contributed by atoms with Crippen molar-refractivity contribution in [2.45, 2.75) is 66.2 Å². The summed E-state index contributed by atoms with van der Waals surface area (Å²) in [6.07, 6.45) is 0. The van der Waals surface area contributed by atoms with Crippen molar-refractivity contribution in [2.24, 2.45) is 0 Å². The molecule has 2 heteroatoms. The van der Waals surface area contributed by atoms with E-state index < -0.39 is 0 Å². The van der Waals surface area contributed by atoms with Gasteiger partial charge in [0, 0.05) is 45.0 Å². The molecule has 70 heavy (non-hydrogen) atoms. The summed E-state index contributed by atoms with van der Waals surface area (Å²) < 4.78 is 0. The zero-order valence-corrected chi connectivity index (χ0v) is 41.5. The first-order chi connectivity index (χ1) is 33.9. The Balaban J connectivity index is 1.11. The van der Waals surface area contributed by atoms with Gasteiger partial charge in [-0.1, -0.05) is 149 Å². The van der Waals surface area contributed by atoms with E-state index in [2.05, 4.69) is 271 Å². The largest absolute Gasteiger partial charge is 0.310 e. The number of benzene rings is 10. The van der Waals surface area contributed by atoms with Gasteiger partial charge in [0.05, 0.1) is 0 Å². The molecule has 2 nitrogen and oxygen atoms in total. The van der Waals surface area contributed by atoms with Gasteiger partial charge in [0.15, 0.2) is 0 Å². The molecule has 0 unspecified atom stereocenters. The van der Waals surface area contributed by atoms with Crippen molar-refractivity contribution in [3.63, 3.8) is 0 Å². The number of aryl methyl sites for hydroxylation is 4. The Labute approximate surface area is 414 Å². The van der Waals surface area contributed by atoms with Crippen molar-refractivity contribution in [1.82, 2.24) is 0 Å². The van der Waals surface area contributed by atoms with Crippen molar-refractivity contribution in [3.05, 3.63) is 251 Å². The van der Waals surface area contributed by atoms with Gasteiger partial charge in [-0.3, -0.25) is 0 Å². The fraction of sp³-hybridized carbons (Fsp3) is 0.147. The first-order valence-corrected chi connectivity index (χ1v) is 24.8. The minimum atomic E-state index is -0.308. The fourth-order valence-electron chi connectivity index (χ4n) is 12.2. The standard InChI is InChI=1S/C68H58N2/c1-43-33-44(2)36-53(35-43)69(49-25-17-11-18-26-49)51-29-31-55-59(39-51)67(5,6)61-41-57-58(63(65(55)61)47-21-13-9-14-22-47)42-62-66(64(57)48-23-15-10-16-24-48)56-32-30-52(40-60(56)68(62,7)8)70(50-27-19-12-20-28-50)54-37-45(3)34-46(4)38-54/h9-42H,1-8H3. The van der Waals surface area contributed by atoms with Gasteiger partial charge < -0.3 is 9.80 Å². The number of anilines is 6. The highest BCUT2D eigenvalue weighted by atomic mass is 15.1. The second-order valence-corrected chi connectivity index (χ2v) is 20.9. The monoisotopic (exact) mass is 902 g/mol. The van der Waals surface area contributed by atoms with Crippen molar-refractivity contribution in [2.75, 3.05) is 9.80 Å². The average Bonchev–Trinajstić information content (AvgIpc) is 3.71. The topological polar surface area (TPSA) is 6.48 Å². The Morgan fingerprint density at radius 1 is 0.271 bits per heavy atom. The highest BCUT2D eigenvalue weighted by Crippen LogP contribution is 2.60. The smallest absolute Gasteiger partial charge is 0.0466 e. The normalized spacial score (nSPS) is 13.7. The third-order valence-corrected chi connectivity index (χ3v) is 15.3. The number of fused-ring (bicyclic) bond motifs is 7. The zero-order chi connectivity index (χ0) is 48.1. The molecule has 0 fully saturated rings. The van der Waals surface area contributed by atoms with Crippen LogP contribution in [0, 0.1) is 27.7 Å². The predicted molar refractivity (Wildman–Crippen MR) is 298 cm³/mol. The fourth-order valence-corrected chi connectivity index (χ4v) is 12.2. The van der Waals surface area contributed by atoms with Crippen LogP contribution < -0.4 is 9.80 Å². The third kappa shape index (κ3) is 6.91. The minimum absolute atomic E-state index is 0.308. The summed E-state index contributed by atoms with van der Waals surface area (Å²) in [6, 6.07) is 77.4. The van der Waals surface area contributed by atoms with Crippen LogP contribution in [0.4, 0.5) is 34.1 Å². The highest BCUT2D eigenvalue weighted by molar-refractivity contribution is 6.17. The van der Waals surface area contributed by atoms with Gasteiger partial charge in [-0.25, -0.2) is 0 Å². The lowest BCUT2D eigenvalue weighted by Crippen LogP contribution is -2.17. The molecule has 0 atom stereocenters. The van der Waals surface area contributed by atoms with Gasteiger partial charge >= 0.3 is 0 Å². The lowest BCUT2D eigenvalue weighted by molar-refractivity contribution is 0.660. The molecule has 0 amide bonds. The first-order valence-electron chi connectivity index (χ1n) is 24.8. The summed E-state index contributed by atoms with van der Waals surface area (Å²) in [6.45, 7) is 18.5. The van der Waals surface area contributed by atoms with E-state index in [0.29, 0.717) is 0 Å². The lowest BCUT2D eigenvalue weighted by atomic mass is 9.76. The minimum Gasteiger partial charge on any atom is -0.310 e. The molecule has 0 saturated heterocycles. The molecule has 10 aromatic rings. The quantitative estimate of drug-likeness (QED) is 0.150. The van der Waals surface area contributed by atoms with Crippen molar-refractivity contribution in [3.8, 4) is 44.5 Å². The predicted octanol–water partition coefficient (Wildman–Crippen LogP) is 19.0. The molecule has 2 aliphatic carbocycles. The van der Waals surface area contributed by atoms with Gasteiger partial charge in [0.25, 0.3) is 0 Å². The van der Waals surface area contributed by atoms with Crippen molar-refractivity contribution >= 4 is 44.9 Å². The van der Waals surface area contributed by atoms with Gasteiger partial charge in [-0.2, -0.15) is 0 Å². The van der Waals surface area contributed by atoms with E-state index in [9.17, 15) is 0 Å². The maximum Gasteiger partial charge on any atom is 0.0466 e. The van der Waals surface area contributed by atoms with E-state index in [0.717, 1.165) is 22.7 Å². The molecule has 0 spiro atoms. The maximum atomic E-state index is 2.58. The second-order valence-electron chi connectivity index (χ2n) is 20.9. The van der Waals surface area contributed by atoms with Gasteiger partial charge in [0.2, 0.25) is 0 Å². The SMILES string of the molecule is Cc1cc(C)cc(N(c2ccccc2)c2ccc3c(c2)C(C)(C)c2cc4c(-c5ccccc5)c5c(cc4c(-c4ccccc4)c2-3)C(C)(C)c2cc(N(c3ccccc3)c3cc(C)cc(C)c3)ccc2-5)c1. The van der Waals surface area contributed by atoms with Crippen LogP contribution in [-0.4, -0.2) is 0 Å². The van der Waals surface area contributed by atoms with Crippen LogP contribution in [-0.2, 0) is 10.8 Å². The van der Waals surface area contributed by atoms with Crippen LogP contribution in [0.2, 0.25) is 0 Å². The molecule has 0 aliphatic heterocycles. The summed E-state index contributed by atoms with van der Waals surface area (Å²) in [5, 5.41) is 2.58. The number of hydrogen-bond donors (Lipinski definition) is 0. The second kappa shape index (κ2) is 16.4. The highest BCUT2D eigenvalue weighted by Gasteiger charge is 2.42.